The second-order valence-electron chi connectivity index (χ2n) is 3.86. The summed E-state index contributed by atoms with van der Waals surface area (Å²) in [5.41, 5.74) is 1.79. The van der Waals surface area contributed by atoms with Crippen LogP contribution in [0.1, 0.15) is 29.8 Å². The van der Waals surface area contributed by atoms with Gasteiger partial charge in [-0.25, -0.2) is 0 Å². The van der Waals surface area contributed by atoms with Gasteiger partial charge in [0.15, 0.2) is 5.78 Å². The Morgan fingerprint density at radius 3 is 2.82 bits per heavy atom. The molecule has 0 aliphatic rings. The molecular formula is C13H16N2O2. The number of carbonyl (C=O) groups is 1. The summed E-state index contributed by atoms with van der Waals surface area (Å²) in [6.07, 6.45) is 0.0440. The maximum atomic E-state index is 11.3. The molecule has 4 heteroatoms. The van der Waals surface area contributed by atoms with Gasteiger partial charge in [0, 0.05) is 19.2 Å². The van der Waals surface area contributed by atoms with Crippen LogP contribution in [0.5, 0.6) is 0 Å². The molecule has 1 aromatic carbocycles. The number of ether oxygens (including phenoxy) is 1. The first kappa shape index (κ1) is 13.2. The quantitative estimate of drug-likeness (QED) is 0.790. The van der Waals surface area contributed by atoms with Crippen molar-refractivity contribution in [2.24, 2.45) is 0 Å². The molecule has 0 bridgehead atoms. The Morgan fingerprint density at radius 2 is 2.29 bits per heavy atom. The average Bonchev–Trinajstić information content (AvgIpc) is 2.35. The Balaban J connectivity index is 2.91. The molecule has 0 aliphatic heterocycles. The number of anilines is 1. The van der Waals surface area contributed by atoms with Gasteiger partial charge in [-0.2, -0.15) is 5.26 Å². The van der Waals surface area contributed by atoms with Gasteiger partial charge in [0.25, 0.3) is 0 Å². The highest BCUT2D eigenvalue weighted by molar-refractivity contribution is 5.95. The molecule has 4 nitrogen and oxygen atoms in total. The van der Waals surface area contributed by atoms with Gasteiger partial charge in [-0.3, -0.25) is 4.79 Å². The molecule has 17 heavy (non-hydrogen) atoms. The summed E-state index contributed by atoms with van der Waals surface area (Å²) >= 11 is 0. The van der Waals surface area contributed by atoms with Crippen LogP contribution >= 0.6 is 0 Å². The van der Waals surface area contributed by atoms with Crippen LogP contribution < -0.4 is 5.32 Å². The van der Waals surface area contributed by atoms with E-state index in [0.717, 1.165) is 0 Å². The van der Waals surface area contributed by atoms with Crippen molar-refractivity contribution in [3.8, 4) is 6.07 Å². The zero-order chi connectivity index (χ0) is 12.8. The number of nitrogens with one attached hydrogen (secondary N) is 1. The lowest BCUT2D eigenvalue weighted by atomic mass is 10.1. The first-order valence-electron chi connectivity index (χ1n) is 5.40. The van der Waals surface area contributed by atoms with E-state index in [0.29, 0.717) is 23.4 Å². The third-order valence-corrected chi connectivity index (χ3v) is 2.53. The lowest BCUT2D eigenvalue weighted by molar-refractivity contribution is 0.101. The molecule has 0 fully saturated rings. The molecule has 1 N–H and O–H groups in total. The fraction of sp³-hybridized carbons (Fsp3) is 0.385. The number of hydrogen-bond donors (Lipinski definition) is 1. The number of methoxy groups -OCH3 is 1. The largest absolute Gasteiger partial charge is 0.381 e. The van der Waals surface area contributed by atoms with Crippen molar-refractivity contribution >= 4 is 11.5 Å². The van der Waals surface area contributed by atoms with Crippen LogP contribution in [0.15, 0.2) is 18.2 Å². The van der Waals surface area contributed by atoms with Crippen molar-refractivity contribution < 1.29 is 9.53 Å². The number of nitrogens with zero attached hydrogens (tertiary/aromatic N) is 1. The van der Waals surface area contributed by atoms with Gasteiger partial charge in [0.05, 0.1) is 17.4 Å². The molecule has 1 unspecified atom stereocenters. The van der Waals surface area contributed by atoms with Crippen LogP contribution in [0.2, 0.25) is 0 Å². The SMILES string of the molecule is COC(C)CNc1cc(C(C)=O)ccc1C#N. The summed E-state index contributed by atoms with van der Waals surface area (Å²) in [7, 11) is 1.63. The van der Waals surface area contributed by atoms with Crippen molar-refractivity contribution in [2.45, 2.75) is 20.0 Å². The fourth-order valence-corrected chi connectivity index (χ4v) is 1.34. The van der Waals surface area contributed by atoms with Gasteiger partial charge in [-0.05, 0) is 32.0 Å². The third kappa shape index (κ3) is 3.58. The van der Waals surface area contributed by atoms with Crippen LogP contribution in [0.3, 0.4) is 0 Å². The van der Waals surface area contributed by atoms with Gasteiger partial charge >= 0.3 is 0 Å². The molecule has 0 saturated heterocycles. The highest BCUT2D eigenvalue weighted by Crippen LogP contribution is 2.17. The normalized spacial score (nSPS) is 11.6. The van der Waals surface area contributed by atoms with E-state index in [2.05, 4.69) is 11.4 Å². The van der Waals surface area contributed by atoms with E-state index in [4.69, 9.17) is 10.00 Å². The zero-order valence-corrected chi connectivity index (χ0v) is 10.3. The van der Waals surface area contributed by atoms with Gasteiger partial charge in [0.2, 0.25) is 0 Å². The summed E-state index contributed by atoms with van der Waals surface area (Å²) in [5.74, 6) is -0.0164. The number of nitriles is 1. The summed E-state index contributed by atoms with van der Waals surface area (Å²) in [6.45, 7) is 4.02. The number of rotatable bonds is 5. The minimum atomic E-state index is -0.0164. The molecule has 0 heterocycles. The van der Waals surface area contributed by atoms with Crippen LogP contribution in [0, 0.1) is 11.3 Å². The summed E-state index contributed by atoms with van der Waals surface area (Å²) in [6, 6.07) is 7.09. The van der Waals surface area contributed by atoms with Gasteiger partial charge in [-0.1, -0.05) is 0 Å². The average molecular weight is 232 g/mol. The molecule has 0 saturated carbocycles. The molecule has 0 aliphatic carbocycles. The molecular weight excluding hydrogens is 216 g/mol. The predicted molar refractivity (Wildman–Crippen MR) is 66.1 cm³/mol. The minimum absolute atomic E-state index is 0.0164. The van der Waals surface area contributed by atoms with Gasteiger partial charge in [0.1, 0.15) is 6.07 Å². The van der Waals surface area contributed by atoms with Gasteiger partial charge in [-0.15, -0.1) is 0 Å². The summed E-state index contributed by atoms with van der Waals surface area (Å²) in [4.78, 5) is 11.3. The van der Waals surface area contributed by atoms with Crippen molar-refractivity contribution in [2.75, 3.05) is 19.0 Å². The summed E-state index contributed by atoms with van der Waals surface area (Å²) < 4.78 is 5.11. The molecule has 0 aromatic heterocycles. The molecule has 1 atom stereocenters. The van der Waals surface area contributed by atoms with Crippen molar-refractivity contribution in [1.82, 2.24) is 0 Å². The Hall–Kier alpha value is -1.86. The molecule has 90 valence electrons. The number of benzene rings is 1. The Morgan fingerprint density at radius 1 is 1.59 bits per heavy atom. The molecule has 0 radical (unpaired) electrons. The topological polar surface area (TPSA) is 62.1 Å². The Bertz CT molecular complexity index is 449. The minimum Gasteiger partial charge on any atom is -0.381 e. The fourth-order valence-electron chi connectivity index (χ4n) is 1.34. The van der Waals surface area contributed by atoms with Crippen molar-refractivity contribution in [3.63, 3.8) is 0 Å². The Kier molecular flexibility index (Phi) is 4.68. The van der Waals surface area contributed by atoms with Crippen LogP contribution in [0.4, 0.5) is 5.69 Å². The van der Waals surface area contributed by atoms with Crippen LogP contribution in [0.25, 0.3) is 0 Å². The lowest BCUT2D eigenvalue weighted by Crippen LogP contribution is -2.18. The van der Waals surface area contributed by atoms with Crippen molar-refractivity contribution in [1.29, 1.82) is 5.26 Å². The first-order valence-corrected chi connectivity index (χ1v) is 5.40. The monoisotopic (exact) mass is 232 g/mol. The second-order valence-corrected chi connectivity index (χ2v) is 3.86. The number of hydrogen-bond acceptors (Lipinski definition) is 4. The van der Waals surface area contributed by atoms with E-state index < -0.39 is 0 Å². The van der Waals surface area contributed by atoms with E-state index in [-0.39, 0.29) is 11.9 Å². The highest BCUT2D eigenvalue weighted by Gasteiger charge is 2.07. The van der Waals surface area contributed by atoms with Crippen LogP contribution in [-0.4, -0.2) is 25.5 Å². The Labute approximate surface area is 101 Å². The second kappa shape index (κ2) is 6.02. The van der Waals surface area contributed by atoms with Gasteiger partial charge < -0.3 is 10.1 Å². The smallest absolute Gasteiger partial charge is 0.159 e. The van der Waals surface area contributed by atoms with Crippen LogP contribution in [-0.2, 0) is 4.74 Å². The van der Waals surface area contributed by atoms with Crippen molar-refractivity contribution in [3.05, 3.63) is 29.3 Å². The number of ketones is 1. The molecule has 0 spiro atoms. The summed E-state index contributed by atoms with van der Waals surface area (Å²) in [5, 5.41) is 12.1. The zero-order valence-electron chi connectivity index (χ0n) is 10.3. The number of Topliss-reactive ketones (excluding diaryl/α,β-unsaturated/α-hetero) is 1. The maximum absolute atomic E-state index is 11.3. The predicted octanol–water partition coefficient (Wildman–Crippen LogP) is 2.21. The first-order chi connectivity index (χ1) is 8.08. The molecule has 0 amide bonds. The third-order valence-electron chi connectivity index (χ3n) is 2.53. The van der Waals surface area contributed by atoms with E-state index in [1.54, 1.807) is 25.3 Å². The van der Waals surface area contributed by atoms with E-state index in [1.165, 1.54) is 6.92 Å². The molecule has 1 aromatic rings. The van der Waals surface area contributed by atoms with E-state index >= 15 is 0 Å². The van der Waals surface area contributed by atoms with E-state index in [9.17, 15) is 4.79 Å². The lowest BCUT2D eigenvalue weighted by Gasteiger charge is -2.13. The number of carbonyl (C=O) groups excluding carboxylic acids is 1. The van der Waals surface area contributed by atoms with E-state index in [1.807, 2.05) is 6.92 Å². The standard InChI is InChI=1S/C13H16N2O2/c1-9(17-3)8-15-13-6-11(10(2)16)4-5-12(13)7-14/h4-6,9,15H,8H2,1-3H3. The maximum Gasteiger partial charge on any atom is 0.159 e. The highest BCUT2D eigenvalue weighted by atomic mass is 16.5. The molecule has 1 rings (SSSR count).